The van der Waals surface area contributed by atoms with E-state index in [0.717, 1.165) is 9.87 Å². The summed E-state index contributed by atoms with van der Waals surface area (Å²) in [5.41, 5.74) is 1.34. The smallest absolute Gasteiger partial charge is 0.242 e. The number of carbonyl (C=O) groups excluding carboxylic acids is 1. The Morgan fingerprint density at radius 1 is 1.37 bits per heavy atom. The van der Waals surface area contributed by atoms with Gasteiger partial charge in [0.15, 0.2) is 0 Å². The standard InChI is InChI=1S/C12H17BrN2O3S/c1-9-4-5-10(19(17,18)15(2)3)8-11(9)14-12(16)6-7-13/h4-5,8H,6-7H2,1-3H3,(H,14,16). The fourth-order valence-electron chi connectivity index (χ4n) is 1.41. The fourth-order valence-corrected chi connectivity index (χ4v) is 2.69. The summed E-state index contributed by atoms with van der Waals surface area (Å²) in [5.74, 6) is -0.153. The van der Waals surface area contributed by atoms with E-state index in [1.807, 2.05) is 6.92 Å². The molecular formula is C12H17BrN2O3S. The summed E-state index contributed by atoms with van der Waals surface area (Å²) in [6.45, 7) is 1.82. The summed E-state index contributed by atoms with van der Waals surface area (Å²) in [4.78, 5) is 11.7. The first kappa shape index (κ1) is 16.1. The summed E-state index contributed by atoms with van der Waals surface area (Å²) in [6.07, 6.45) is 0.337. The Morgan fingerprint density at radius 3 is 2.53 bits per heavy atom. The van der Waals surface area contributed by atoms with E-state index in [9.17, 15) is 13.2 Å². The first-order valence-corrected chi connectivity index (χ1v) is 8.24. The van der Waals surface area contributed by atoms with Crippen LogP contribution in [-0.2, 0) is 14.8 Å². The third kappa shape index (κ3) is 4.02. The van der Waals surface area contributed by atoms with Crippen LogP contribution >= 0.6 is 15.9 Å². The number of hydrogen-bond donors (Lipinski definition) is 1. The Kier molecular flexibility index (Phi) is 5.51. The molecule has 7 heteroatoms. The summed E-state index contributed by atoms with van der Waals surface area (Å²) >= 11 is 3.18. The van der Waals surface area contributed by atoms with Gasteiger partial charge in [-0.3, -0.25) is 4.79 Å². The van der Waals surface area contributed by atoms with Crippen LogP contribution < -0.4 is 5.32 Å². The number of halogens is 1. The van der Waals surface area contributed by atoms with Gasteiger partial charge in [-0.1, -0.05) is 22.0 Å². The molecule has 1 N–H and O–H groups in total. The largest absolute Gasteiger partial charge is 0.326 e. The highest BCUT2D eigenvalue weighted by Gasteiger charge is 2.18. The van der Waals surface area contributed by atoms with Crippen molar-refractivity contribution in [2.45, 2.75) is 18.2 Å². The number of rotatable bonds is 5. The SMILES string of the molecule is Cc1ccc(S(=O)(=O)N(C)C)cc1NC(=O)CCBr. The highest BCUT2D eigenvalue weighted by Crippen LogP contribution is 2.22. The van der Waals surface area contributed by atoms with Gasteiger partial charge >= 0.3 is 0 Å². The molecule has 0 saturated heterocycles. The van der Waals surface area contributed by atoms with Gasteiger partial charge in [0, 0.05) is 31.5 Å². The second-order valence-electron chi connectivity index (χ2n) is 4.25. The highest BCUT2D eigenvalue weighted by atomic mass is 79.9. The first-order chi connectivity index (χ1) is 8.78. The monoisotopic (exact) mass is 348 g/mol. The number of alkyl halides is 1. The van der Waals surface area contributed by atoms with Crippen LogP contribution in [0, 0.1) is 6.92 Å². The summed E-state index contributed by atoms with van der Waals surface area (Å²) in [7, 11) is -0.550. The molecule has 0 aliphatic heterocycles. The Morgan fingerprint density at radius 2 is 2.00 bits per heavy atom. The number of amides is 1. The molecule has 0 unspecified atom stereocenters. The predicted molar refractivity (Wildman–Crippen MR) is 79.1 cm³/mol. The molecule has 0 atom stereocenters. The number of nitrogens with zero attached hydrogens (tertiary/aromatic N) is 1. The molecule has 19 heavy (non-hydrogen) atoms. The molecule has 1 rings (SSSR count). The minimum absolute atomic E-state index is 0.153. The van der Waals surface area contributed by atoms with Crippen LogP contribution in [0.5, 0.6) is 0 Å². The topological polar surface area (TPSA) is 66.5 Å². The maximum Gasteiger partial charge on any atom is 0.242 e. The van der Waals surface area contributed by atoms with Crippen LogP contribution in [0.1, 0.15) is 12.0 Å². The summed E-state index contributed by atoms with van der Waals surface area (Å²) in [5, 5.41) is 3.27. The van der Waals surface area contributed by atoms with Crippen LogP contribution in [0.3, 0.4) is 0 Å². The van der Waals surface area contributed by atoms with Gasteiger partial charge in [0.05, 0.1) is 4.90 Å². The van der Waals surface area contributed by atoms with Crippen molar-refractivity contribution in [3.63, 3.8) is 0 Å². The first-order valence-electron chi connectivity index (χ1n) is 5.68. The number of aryl methyl sites for hydroxylation is 1. The van der Waals surface area contributed by atoms with Crippen LogP contribution in [0.25, 0.3) is 0 Å². The molecule has 0 aliphatic carbocycles. The molecule has 1 amide bonds. The van der Waals surface area contributed by atoms with E-state index in [1.165, 1.54) is 26.2 Å². The second-order valence-corrected chi connectivity index (χ2v) is 7.20. The normalized spacial score (nSPS) is 11.6. The van der Waals surface area contributed by atoms with E-state index in [2.05, 4.69) is 21.2 Å². The quantitative estimate of drug-likeness (QED) is 0.827. The van der Waals surface area contributed by atoms with E-state index < -0.39 is 10.0 Å². The lowest BCUT2D eigenvalue weighted by atomic mass is 10.2. The Balaban J connectivity index is 3.11. The van der Waals surface area contributed by atoms with Crippen molar-refractivity contribution < 1.29 is 13.2 Å². The molecule has 0 heterocycles. The van der Waals surface area contributed by atoms with Gasteiger partial charge in [-0.25, -0.2) is 12.7 Å². The maximum absolute atomic E-state index is 12.0. The zero-order valence-electron chi connectivity index (χ0n) is 11.1. The lowest BCUT2D eigenvalue weighted by Gasteiger charge is -2.14. The molecule has 0 radical (unpaired) electrons. The van der Waals surface area contributed by atoms with E-state index >= 15 is 0 Å². The zero-order chi connectivity index (χ0) is 14.6. The Bertz CT molecular complexity index is 570. The number of sulfonamides is 1. The average Bonchev–Trinajstić information content (AvgIpc) is 2.31. The minimum Gasteiger partial charge on any atom is -0.326 e. The van der Waals surface area contributed by atoms with Gasteiger partial charge in [0.1, 0.15) is 0 Å². The van der Waals surface area contributed by atoms with E-state index in [4.69, 9.17) is 0 Å². The highest BCUT2D eigenvalue weighted by molar-refractivity contribution is 9.09. The molecule has 106 valence electrons. The third-order valence-electron chi connectivity index (χ3n) is 2.58. The van der Waals surface area contributed by atoms with Crippen molar-refractivity contribution in [2.75, 3.05) is 24.7 Å². The van der Waals surface area contributed by atoms with Crippen molar-refractivity contribution in [3.05, 3.63) is 23.8 Å². The minimum atomic E-state index is -3.49. The number of benzene rings is 1. The maximum atomic E-state index is 12.0. The molecule has 0 aromatic heterocycles. The van der Waals surface area contributed by atoms with Gasteiger partial charge in [0.25, 0.3) is 0 Å². The van der Waals surface area contributed by atoms with Crippen molar-refractivity contribution >= 4 is 37.5 Å². The molecule has 1 aromatic carbocycles. The summed E-state index contributed by atoms with van der Waals surface area (Å²) < 4.78 is 25.2. The van der Waals surface area contributed by atoms with Crippen molar-refractivity contribution in [1.82, 2.24) is 4.31 Å². The molecule has 0 aliphatic rings. The Hall–Kier alpha value is -0.920. The van der Waals surface area contributed by atoms with Gasteiger partial charge in [0.2, 0.25) is 15.9 Å². The van der Waals surface area contributed by atoms with Crippen LogP contribution in [0.2, 0.25) is 0 Å². The van der Waals surface area contributed by atoms with Crippen molar-refractivity contribution in [2.24, 2.45) is 0 Å². The lowest BCUT2D eigenvalue weighted by Crippen LogP contribution is -2.22. The average molecular weight is 349 g/mol. The van der Waals surface area contributed by atoms with Gasteiger partial charge < -0.3 is 5.32 Å². The van der Waals surface area contributed by atoms with Gasteiger partial charge in [-0.15, -0.1) is 0 Å². The molecule has 0 spiro atoms. The van der Waals surface area contributed by atoms with E-state index in [-0.39, 0.29) is 10.8 Å². The molecular weight excluding hydrogens is 332 g/mol. The van der Waals surface area contributed by atoms with Crippen LogP contribution in [0.15, 0.2) is 23.1 Å². The van der Waals surface area contributed by atoms with E-state index in [1.54, 1.807) is 6.07 Å². The number of anilines is 1. The van der Waals surface area contributed by atoms with E-state index in [0.29, 0.717) is 17.4 Å². The van der Waals surface area contributed by atoms with Crippen molar-refractivity contribution in [1.29, 1.82) is 0 Å². The molecule has 5 nitrogen and oxygen atoms in total. The van der Waals surface area contributed by atoms with Crippen LogP contribution in [-0.4, -0.2) is 38.1 Å². The third-order valence-corrected chi connectivity index (χ3v) is 4.79. The number of hydrogen-bond acceptors (Lipinski definition) is 3. The number of nitrogens with one attached hydrogen (secondary N) is 1. The fraction of sp³-hybridized carbons (Fsp3) is 0.417. The Labute approximate surface area is 122 Å². The molecule has 0 saturated carbocycles. The van der Waals surface area contributed by atoms with Gasteiger partial charge in [-0.05, 0) is 24.6 Å². The number of carbonyl (C=O) groups is 1. The lowest BCUT2D eigenvalue weighted by molar-refractivity contribution is -0.115. The zero-order valence-corrected chi connectivity index (χ0v) is 13.5. The molecule has 0 fully saturated rings. The second kappa shape index (κ2) is 6.49. The predicted octanol–water partition coefficient (Wildman–Crippen LogP) is 1.97. The molecule has 1 aromatic rings. The van der Waals surface area contributed by atoms with Gasteiger partial charge in [-0.2, -0.15) is 0 Å². The molecule has 0 bridgehead atoms. The van der Waals surface area contributed by atoms with Crippen LogP contribution in [0.4, 0.5) is 5.69 Å². The van der Waals surface area contributed by atoms with Crippen molar-refractivity contribution in [3.8, 4) is 0 Å². The summed E-state index contributed by atoms with van der Waals surface area (Å²) in [6, 6.07) is 4.70.